The number of carbonyl (C=O) groups excluding carboxylic acids is 1. The van der Waals surface area contributed by atoms with Crippen LogP contribution in [0.15, 0.2) is 41.2 Å². The smallest absolute Gasteiger partial charge is 0.256 e. The van der Waals surface area contributed by atoms with Gasteiger partial charge in [0.25, 0.3) is 5.56 Å². The summed E-state index contributed by atoms with van der Waals surface area (Å²) in [6, 6.07) is 11.5. The van der Waals surface area contributed by atoms with Crippen molar-refractivity contribution < 1.29 is 4.79 Å². The third-order valence-corrected chi connectivity index (χ3v) is 4.99. The molecule has 6 heteroatoms. The van der Waals surface area contributed by atoms with Crippen molar-refractivity contribution in [2.24, 2.45) is 0 Å². The summed E-state index contributed by atoms with van der Waals surface area (Å²) in [7, 11) is 0. The molecule has 2 heterocycles. The lowest BCUT2D eigenvalue weighted by atomic mass is 9.94. The predicted molar refractivity (Wildman–Crippen MR) is 114 cm³/mol. The molecule has 0 spiro atoms. The number of fused-ring (bicyclic) bond motifs is 1. The number of hydrogen-bond acceptors (Lipinski definition) is 3. The standard InChI is InChI=1S/C22H24ClN3O2/c1-4-26-21-18(11-10-14(2)25-21)20(16-7-5-8-17(23)13-16)19(22(26)28)9-6-12-24-15(3)27/h5,7-8,10-11,13H,4,6,9,12H2,1-3H3,(H,24,27). The number of benzene rings is 1. The molecule has 0 aliphatic carbocycles. The van der Waals surface area contributed by atoms with E-state index in [0.717, 1.165) is 27.8 Å². The van der Waals surface area contributed by atoms with Crippen molar-refractivity contribution in [3.63, 3.8) is 0 Å². The summed E-state index contributed by atoms with van der Waals surface area (Å²) in [6.45, 7) is 6.43. The van der Waals surface area contributed by atoms with Crippen LogP contribution in [0.5, 0.6) is 0 Å². The van der Waals surface area contributed by atoms with Gasteiger partial charge in [0.05, 0.1) is 0 Å². The second-order valence-corrected chi connectivity index (χ2v) is 7.26. The van der Waals surface area contributed by atoms with E-state index in [-0.39, 0.29) is 11.5 Å². The van der Waals surface area contributed by atoms with Gasteiger partial charge < -0.3 is 5.32 Å². The van der Waals surface area contributed by atoms with Gasteiger partial charge in [0, 0.05) is 47.2 Å². The summed E-state index contributed by atoms with van der Waals surface area (Å²) < 4.78 is 1.73. The van der Waals surface area contributed by atoms with Gasteiger partial charge in [0.2, 0.25) is 5.91 Å². The zero-order valence-corrected chi connectivity index (χ0v) is 17.1. The van der Waals surface area contributed by atoms with Gasteiger partial charge in [-0.1, -0.05) is 23.7 Å². The van der Waals surface area contributed by atoms with Crippen molar-refractivity contribution in [1.29, 1.82) is 0 Å². The number of carbonyl (C=O) groups is 1. The fourth-order valence-electron chi connectivity index (χ4n) is 3.50. The number of nitrogens with one attached hydrogen (secondary N) is 1. The van der Waals surface area contributed by atoms with Gasteiger partial charge in [0.15, 0.2) is 0 Å². The minimum atomic E-state index is -0.0702. The summed E-state index contributed by atoms with van der Waals surface area (Å²) in [5.74, 6) is -0.0702. The van der Waals surface area contributed by atoms with Gasteiger partial charge in [0.1, 0.15) is 5.65 Å². The number of hydrogen-bond donors (Lipinski definition) is 1. The molecule has 1 amide bonds. The fraction of sp³-hybridized carbons (Fsp3) is 0.318. The predicted octanol–water partition coefficient (Wildman–Crippen LogP) is 4.11. The van der Waals surface area contributed by atoms with Crippen molar-refractivity contribution in [2.45, 2.75) is 40.2 Å². The zero-order chi connectivity index (χ0) is 20.3. The van der Waals surface area contributed by atoms with Crippen LogP contribution < -0.4 is 10.9 Å². The highest BCUT2D eigenvalue weighted by molar-refractivity contribution is 6.30. The maximum Gasteiger partial charge on any atom is 0.256 e. The quantitative estimate of drug-likeness (QED) is 0.636. The lowest BCUT2D eigenvalue weighted by molar-refractivity contribution is -0.118. The van der Waals surface area contributed by atoms with Crippen LogP contribution in [0.1, 0.15) is 31.5 Å². The molecular weight excluding hydrogens is 374 g/mol. The molecule has 0 fully saturated rings. The van der Waals surface area contributed by atoms with Crippen molar-refractivity contribution >= 4 is 28.5 Å². The zero-order valence-electron chi connectivity index (χ0n) is 16.4. The Morgan fingerprint density at radius 3 is 2.71 bits per heavy atom. The summed E-state index contributed by atoms with van der Waals surface area (Å²) in [5, 5.41) is 4.35. The number of halogens is 1. The SMILES string of the molecule is CCn1c(=O)c(CCCNC(C)=O)c(-c2cccc(Cl)c2)c2ccc(C)nc21. The van der Waals surface area contributed by atoms with E-state index in [1.165, 1.54) is 6.92 Å². The Kier molecular flexibility index (Phi) is 6.15. The molecule has 3 rings (SSSR count). The third kappa shape index (κ3) is 4.09. The number of aromatic nitrogens is 2. The topological polar surface area (TPSA) is 64.0 Å². The number of pyridine rings is 2. The first-order valence-electron chi connectivity index (χ1n) is 9.45. The van der Waals surface area contributed by atoms with Gasteiger partial charge in [-0.05, 0) is 56.5 Å². The molecule has 2 aromatic heterocycles. The molecule has 0 saturated heterocycles. The van der Waals surface area contributed by atoms with Crippen molar-refractivity contribution in [3.05, 3.63) is 63.0 Å². The van der Waals surface area contributed by atoms with Crippen LogP contribution in [0.4, 0.5) is 0 Å². The van der Waals surface area contributed by atoms with Gasteiger partial charge in [-0.15, -0.1) is 0 Å². The van der Waals surface area contributed by atoms with Crippen LogP contribution in [0.3, 0.4) is 0 Å². The highest BCUT2D eigenvalue weighted by Crippen LogP contribution is 2.32. The first kappa shape index (κ1) is 20.1. The van der Waals surface area contributed by atoms with E-state index in [4.69, 9.17) is 11.6 Å². The molecule has 5 nitrogen and oxygen atoms in total. The van der Waals surface area contributed by atoms with E-state index in [2.05, 4.69) is 10.3 Å². The van der Waals surface area contributed by atoms with Crippen LogP contribution in [-0.4, -0.2) is 22.0 Å². The van der Waals surface area contributed by atoms with E-state index in [1.54, 1.807) is 4.57 Å². The minimum Gasteiger partial charge on any atom is -0.356 e. The monoisotopic (exact) mass is 397 g/mol. The van der Waals surface area contributed by atoms with Crippen molar-refractivity contribution in [2.75, 3.05) is 6.54 Å². The summed E-state index contributed by atoms with van der Waals surface area (Å²) in [5.41, 5.74) is 4.02. The van der Waals surface area contributed by atoms with Gasteiger partial charge >= 0.3 is 0 Å². The van der Waals surface area contributed by atoms with E-state index < -0.39 is 0 Å². The maximum absolute atomic E-state index is 13.3. The molecule has 146 valence electrons. The van der Waals surface area contributed by atoms with E-state index in [1.807, 2.05) is 50.2 Å². The molecule has 0 saturated carbocycles. The summed E-state index contributed by atoms with van der Waals surface area (Å²) >= 11 is 6.24. The summed E-state index contributed by atoms with van der Waals surface area (Å²) in [6.07, 6.45) is 1.24. The Hall–Kier alpha value is -2.66. The number of rotatable bonds is 6. The van der Waals surface area contributed by atoms with Crippen LogP contribution in [0, 0.1) is 6.92 Å². The molecular formula is C22H24ClN3O2. The summed E-state index contributed by atoms with van der Waals surface area (Å²) in [4.78, 5) is 29.1. The normalized spacial score (nSPS) is 11.0. The Labute approximate surface area is 169 Å². The average Bonchev–Trinajstić information content (AvgIpc) is 2.65. The first-order valence-corrected chi connectivity index (χ1v) is 9.83. The number of amides is 1. The lowest BCUT2D eigenvalue weighted by Crippen LogP contribution is -2.27. The van der Waals surface area contributed by atoms with Crippen molar-refractivity contribution in [1.82, 2.24) is 14.9 Å². The molecule has 1 aromatic carbocycles. The van der Waals surface area contributed by atoms with Crippen LogP contribution in [0.25, 0.3) is 22.2 Å². The molecule has 28 heavy (non-hydrogen) atoms. The molecule has 0 unspecified atom stereocenters. The van der Waals surface area contributed by atoms with E-state index >= 15 is 0 Å². The molecule has 0 radical (unpaired) electrons. The number of aryl methyl sites for hydroxylation is 2. The Balaban J connectivity index is 2.25. The highest BCUT2D eigenvalue weighted by Gasteiger charge is 2.18. The molecule has 1 N–H and O–H groups in total. The van der Waals surface area contributed by atoms with Gasteiger partial charge in [-0.3, -0.25) is 14.2 Å². The molecule has 0 aliphatic rings. The first-order chi connectivity index (χ1) is 13.4. The fourth-order valence-corrected chi connectivity index (χ4v) is 3.69. The minimum absolute atomic E-state index is 0.0362. The Morgan fingerprint density at radius 1 is 1.25 bits per heavy atom. The van der Waals surface area contributed by atoms with Crippen LogP contribution in [-0.2, 0) is 17.8 Å². The third-order valence-electron chi connectivity index (χ3n) is 4.75. The van der Waals surface area contributed by atoms with Crippen LogP contribution >= 0.6 is 11.6 Å². The van der Waals surface area contributed by atoms with E-state index in [0.29, 0.717) is 36.6 Å². The molecule has 0 aliphatic heterocycles. The van der Waals surface area contributed by atoms with E-state index in [9.17, 15) is 9.59 Å². The highest BCUT2D eigenvalue weighted by atomic mass is 35.5. The van der Waals surface area contributed by atoms with Gasteiger partial charge in [-0.2, -0.15) is 0 Å². The van der Waals surface area contributed by atoms with Gasteiger partial charge in [-0.25, -0.2) is 4.98 Å². The average molecular weight is 398 g/mol. The lowest BCUT2D eigenvalue weighted by Gasteiger charge is -2.17. The largest absolute Gasteiger partial charge is 0.356 e. The second-order valence-electron chi connectivity index (χ2n) is 6.82. The molecule has 3 aromatic rings. The molecule has 0 bridgehead atoms. The maximum atomic E-state index is 13.3. The van der Waals surface area contributed by atoms with Crippen molar-refractivity contribution in [3.8, 4) is 11.1 Å². The molecule has 0 atom stereocenters. The number of nitrogens with zero attached hydrogens (tertiary/aromatic N) is 2. The second kappa shape index (κ2) is 8.57. The van der Waals surface area contributed by atoms with Crippen LogP contribution in [0.2, 0.25) is 5.02 Å². The Morgan fingerprint density at radius 2 is 2.04 bits per heavy atom. The Bertz CT molecular complexity index is 1090.